The van der Waals surface area contributed by atoms with E-state index >= 15 is 0 Å². The van der Waals surface area contributed by atoms with Crippen molar-refractivity contribution in [1.82, 2.24) is 0 Å². The summed E-state index contributed by atoms with van der Waals surface area (Å²) in [5, 5.41) is 12.9. The Morgan fingerprint density at radius 3 is 2.41 bits per heavy atom. The van der Waals surface area contributed by atoms with Gasteiger partial charge in [0.05, 0.1) is 5.88 Å². The molecule has 17 heavy (non-hydrogen) atoms. The van der Waals surface area contributed by atoms with Crippen molar-refractivity contribution in [3.8, 4) is 0 Å². The van der Waals surface area contributed by atoms with Crippen molar-refractivity contribution >= 4 is 29.0 Å². The highest BCUT2D eigenvalue weighted by Crippen LogP contribution is 2.07. The Morgan fingerprint density at radius 1 is 1.35 bits per heavy atom. The third-order valence-corrected chi connectivity index (χ3v) is 2.20. The summed E-state index contributed by atoms with van der Waals surface area (Å²) in [6, 6.07) is 6.18. The van der Waals surface area contributed by atoms with E-state index in [1.54, 1.807) is 30.3 Å². The molecule has 90 valence electrons. The van der Waals surface area contributed by atoms with E-state index in [0.717, 1.165) is 0 Å². The Balaban J connectivity index is 2.80. The molecule has 0 radical (unpaired) electrons. The fourth-order valence-electron chi connectivity index (χ4n) is 1.16. The number of carbonyl (C=O) groups is 2. The van der Waals surface area contributed by atoms with Crippen LogP contribution in [0.25, 0.3) is 0 Å². The van der Waals surface area contributed by atoms with Crippen LogP contribution in [-0.2, 0) is 9.59 Å². The SMILES string of the molecule is O=C(CCl)C(C(=O)Nc1ccccc1)[N+](=O)[O-]. The van der Waals surface area contributed by atoms with E-state index in [2.05, 4.69) is 5.32 Å². The van der Waals surface area contributed by atoms with E-state index in [0.29, 0.717) is 5.69 Å². The predicted octanol–water partition coefficient (Wildman–Crippen LogP) is 1.08. The molecule has 0 aromatic heterocycles. The number of nitrogens with one attached hydrogen (secondary N) is 1. The minimum Gasteiger partial charge on any atom is -0.320 e. The van der Waals surface area contributed by atoms with E-state index in [4.69, 9.17) is 11.6 Å². The van der Waals surface area contributed by atoms with E-state index in [-0.39, 0.29) is 0 Å². The van der Waals surface area contributed by atoms with Crippen LogP contribution in [0.2, 0.25) is 0 Å². The van der Waals surface area contributed by atoms with Gasteiger partial charge in [-0.2, -0.15) is 0 Å². The molecular weight excluding hydrogens is 248 g/mol. The van der Waals surface area contributed by atoms with Gasteiger partial charge in [0.25, 0.3) is 0 Å². The molecule has 0 aliphatic heterocycles. The first-order valence-electron chi connectivity index (χ1n) is 4.64. The molecule has 1 amide bonds. The third-order valence-electron chi connectivity index (χ3n) is 1.94. The van der Waals surface area contributed by atoms with Crippen LogP contribution >= 0.6 is 11.6 Å². The number of alkyl halides is 1. The normalized spacial score (nSPS) is 11.6. The van der Waals surface area contributed by atoms with Crippen LogP contribution in [0.15, 0.2) is 30.3 Å². The molecule has 7 heteroatoms. The molecule has 1 N–H and O–H groups in total. The first-order valence-corrected chi connectivity index (χ1v) is 5.17. The largest absolute Gasteiger partial charge is 0.348 e. The maximum absolute atomic E-state index is 11.5. The summed E-state index contributed by atoms with van der Waals surface area (Å²) in [7, 11) is 0. The zero-order valence-electron chi connectivity index (χ0n) is 8.63. The maximum Gasteiger partial charge on any atom is 0.348 e. The second kappa shape index (κ2) is 5.95. The highest BCUT2D eigenvalue weighted by molar-refractivity contribution is 6.30. The Hall–Kier alpha value is -1.95. The lowest BCUT2D eigenvalue weighted by Gasteiger charge is -2.07. The lowest BCUT2D eigenvalue weighted by Crippen LogP contribution is -2.42. The van der Waals surface area contributed by atoms with Crippen molar-refractivity contribution in [3.05, 3.63) is 40.4 Å². The van der Waals surface area contributed by atoms with Crippen molar-refractivity contribution in [2.45, 2.75) is 6.04 Å². The third kappa shape index (κ3) is 3.53. The molecule has 1 rings (SSSR count). The molecule has 0 saturated heterocycles. The molecule has 0 fully saturated rings. The molecule has 1 atom stereocenters. The lowest BCUT2D eigenvalue weighted by molar-refractivity contribution is -0.492. The molecule has 0 saturated carbocycles. The molecule has 0 bridgehead atoms. The fourth-order valence-corrected chi connectivity index (χ4v) is 1.31. The molecule has 0 spiro atoms. The number of halogens is 1. The van der Waals surface area contributed by atoms with Crippen molar-refractivity contribution < 1.29 is 14.5 Å². The zero-order chi connectivity index (χ0) is 12.8. The topological polar surface area (TPSA) is 89.3 Å². The van der Waals surface area contributed by atoms with Gasteiger partial charge in [0.2, 0.25) is 5.78 Å². The van der Waals surface area contributed by atoms with Gasteiger partial charge in [-0.15, -0.1) is 11.6 Å². The van der Waals surface area contributed by atoms with E-state index in [9.17, 15) is 19.7 Å². The van der Waals surface area contributed by atoms with Crippen molar-refractivity contribution in [1.29, 1.82) is 0 Å². The summed E-state index contributed by atoms with van der Waals surface area (Å²) in [5.74, 6) is -2.51. The van der Waals surface area contributed by atoms with Crippen molar-refractivity contribution in [2.75, 3.05) is 11.2 Å². The number of benzene rings is 1. The van der Waals surface area contributed by atoms with Crippen LogP contribution in [0.5, 0.6) is 0 Å². The minimum atomic E-state index is -1.97. The van der Waals surface area contributed by atoms with Crippen molar-refractivity contribution in [3.63, 3.8) is 0 Å². The monoisotopic (exact) mass is 256 g/mol. The average molecular weight is 257 g/mol. The van der Waals surface area contributed by atoms with E-state index in [1.807, 2.05) is 0 Å². The molecule has 1 aromatic carbocycles. The van der Waals surface area contributed by atoms with Gasteiger partial charge in [0, 0.05) is 10.6 Å². The van der Waals surface area contributed by atoms with Gasteiger partial charge in [0.1, 0.15) is 0 Å². The standard InChI is InChI=1S/C10H9ClN2O4/c11-6-8(14)9(13(16)17)10(15)12-7-4-2-1-3-5-7/h1-5,9H,6H2,(H,12,15). The quantitative estimate of drug-likeness (QED) is 0.369. The summed E-state index contributed by atoms with van der Waals surface area (Å²) in [5.41, 5.74) is 0.381. The minimum absolute atomic E-state index is 0.381. The molecule has 6 nitrogen and oxygen atoms in total. The van der Waals surface area contributed by atoms with Gasteiger partial charge in [-0.05, 0) is 12.1 Å². The number of anilines is 1. The van der Waals surface area contributed by atoms with Gasteiger partial charge >= 0.3 is 11.9 Å². The number of ketones is 1. The van der Waals surface area contributed by atoms with Gasteiger partial charge in [0.15, 0.2) is 0 Å². The summed E-state index contributed by atoms with van der Waals surface area (Å²) in [6.45, 7) is 0. The summed E-state index contributed by atoms with van der Waals surface area (Å²) in [4.78, 5) is 32.3. The van der Waals surface area contributed by atoms with Crippen LogP contribution in [0.1, 0.15) is 0 Å². The number of nitrogens with zero attached hydrogens (tertiary/aromatic N) is 1. The molecule has 0 heterocycles. The van der Waals surface area contributed by atoms with Gasteiger partial charge in [-0.3, -0.25) is 19.7 Å². The first kappa shape index (κ1) is 13.1. The van der Waals surface area contributed by atoms with Gasteiger partial charge in [-0.1, -0.05) is 18.2 Å². The van der Waals surface area contributed by atoms with Gasteiger partial charge in [-0.25, -0.2) is 0 Å². The van der Waals surface area contributed by atoms with Crippen LogP contribution < -0.4 is 5.32 Å². The molecule has 1 unspecified atom stereocenters. The van der Waals surface area contributed by atoms with Crippen LogP contribution in [-0.4, -0.2) is 28.5 Å². The summed E-state index contributed by atoms with van der Waals surface area (Å²) < 4.78 is 0. The highest BCUT2D eigenvalue weighted by atomic mass is 35.5. The fraction of sp³-hybridized carbons (Fsp3) is 0.200. The average Bonchev–Trinajstić information content (AvgIpc) is 2.29. The number of Topliss-reactive ketones (excluding diaryl/α,β-unsaturated/α-hetero) is 1. The Bertz CT molecular complexity index is 435. The lowest BCUT2D eigenvalue weighted by atomic mass is 10.2. The van der Waals surface area contributed by atoms with Crippen LogP contribution in [0.4, 0.5) is 5.69 Å². The number of hydrogen-bond acceptors (Lipinski definition) is 4. The number of para-hydroxylation sites is 1. The second-order valence-corrected chi connectivity index (χ2v) is 3.41. The van der Waals surface area contributed by atoms with Crippen LogP contribution in [0, 0.1) is 10.1 Å². The van der Waals surface area contributed by atoms with Crippen LogP contribution in [0.3, 0.4) is 0 Å². The number of nitro groups is 1. The molecule has 0 aliphatic rings. The highest BCUT2D eigenvalue weighted by Gasteiger charge is 2.36. The zero-order valence-corrected chi connectivity index (χ0v) is 9.39. The smallest absolute Gasteiger partial charge is 0.320 e. The summed E-state index contributed by atoms with van der Waals surface area (Å²) >= 11 is 5.20. The molecule has 1 aromatic rings. The first-order chi connectivity index (χ1) is 8.06. The predicted molar refractivity (Wildman–Crippen MR) is 61.6 cm³/mol. The second-order valence-electron chi connectivity index (χ2n) is 3.14. The van der Waals surface area contributed by atoms with Crippen molar-refractivity contribution in [2.24, 2.45) is 0 Å². The van der Waals surface area contributed by atoms with Gasteiger partial charge < -0.3 is 5.32 Å². The summed E-state index contributed by atoms with van der Waals surface area (Å²) in [6.07, 6.45) is 0. The van der Waals surface area contributed by atoms with E-state index < -0.39 is 28.5 Å². The van der Waals surface area contributed by atoms with E-state index in [1.165, 1.54) is 0 Å². The Labute approximate surface area is 102 Å². The number of amides is 1. The maximum atomic E-state index is 11.5. The molecular formula is C10H9ClN2O4. The molecule has 0 aliphatic carbocycles. The Morgan fingerprint density at radius 2 is 1.94 bits per heavy atom. The number of rotatable bonds is 5. The number of carbonyl (C=O) groups excluding carboxylic acids is 2. The number of hydrogen-bond donors (Lipinski definition) is 1. The Kier molecular flexibility index (Phi) is 4.59.